The third-order valence-corrected chi connectivity index (χ3v) is 3.17. The van der Waals surface area contributed by atoms with E-state index in [9.17, 15) is 4.79 Å². The van der Waals surface area contributed by atoms with Crippen molar-refractivity contribution in [3.8, 4) is 0 Å². The Balaban J connectivity index is 1.81. The van der Waals surface area contributed by atoms with E-state index >= 15 is 0 Å². The minimum atomic E-state index is -0.0580. The van der Waals surface area contributed by atoms with Gasteiger partial charge in [0, 0.05) is 19.2 Å². The van der Waals surface area contributed by atoms with Crippen molar-refractivity contribution >= 4 is 5.91 Å². The summed E-state index contributed by atoms with van der Waals surface area (Å²) in [4.78, 5) is 11.7. The molecular formula is C10H18N2O2. The quantitative estimate of drug-likeness (QED) is 0.673. The van der Waals surface area contributed by atoms with Crippen molar-refractivity contribution in [2.45, 2.75) is 43.9 Å². The monoisotopic (exact) mass is 198 g/mol. The summed E-state index contributed by atoms with van der Waals surface area (Å²) in [6, 6.07) is -0.0580. The molecule has 2 atom stereocenters. The van der Waals surface area contributed by atoms with Crippen LogP contribution in [0.3, 0.4) is 0 Å². The highest BCUT2D eigenvalue weighted by Crippen LogP contribution is 2.34. The molecule has 2 aliphatic rings. The SMILES string of the molecule is COC1CN[C@H](C(=O)NC2(C)CC2)C1. The van der Waals surface area contributed by atoms with Gasteiger partial charge in [-0.15, -0.1) is 0 Å². The van der Waals surface area contributed by atoms with Gasteiger partial charge in [0.2, 0.25) is 5.91 Å². The fourth-order valence-corrected chi connectivity index (χ4v) is 1.78. The van der Waals surface area contributed by atoms with Crippen LogP contribution in [0.25, 0.3) is 0 Å². The number of hydrogen-bond acceptors (Lipinski definition) is 3. The minimum absolute atomic E-state index is 0.0580. The van der Waals surface area contributed by atoms with Gasteiger partial charge in [-0.25, -0.2) is 0 Å². The molecule has 1 heterocycles. The van der Waals surface area contributed by atoms with E-state index in [-0.39, 0.29) is 23.6 Å². The second kappa shape index (κ2) is 3.51. The average Bonchev–Trinajstić information content (AvgIpc) is 2.71. The lowest BCUT2D eigenvalue weighted by Gasteiger charge is -2.15. The molecule has 1 aliphatic carbocycles. The van der Waals surface area contributed by atoms with E-state index in [1.807, 2.05) is 0 Å². The molecule has 0 aromatic heterocycles. The molecule has 1 aliphatic heterocycles. The van der Waals surface area contributed by atoms with E-state index in [0.29, 0.717) is 0 Å². The van der Waals surface area contributed by atoms with Crippen LogP contribution in [-0.4, -0.2) is 37.2 Å². The predicted octanol–water partition coefficient (Wildman–Crippen LogP) is 0.0320. The van der Waals surface area contributed by atoms with E-state index in [0.717, 1.165) is 25.8 Å². The van der Waals surface area contributed by atoms with Gasteiger partial charge in [0.1, 0.15) is 0 Å². The van der Waals surface area contributed by atoms with Crippen LogP contribution in [0, 0.1) is 0 Å². The lowest BCUT2D eigenvalue weighted by atomic mass is 10.1. The van der Waals surface area contributed by atoms with Crippen LogP contribution in [0.5, 0.6) is 0 Å². The van der Waals surface area contributed by atoms with Crippen LogP contribution in [0.1, 0.15) is 26.2 Å². The maximum atomic E-state index is 11.7. The molecule has 4 heteroatoms. The second-order valence-electron chi connectivity index (χ2n) is 4.60. The highest BCUT2D eigenvalue weighted by molar-refractivity contribution is 5.83. The summed E-state index contributed by atoms with van der Waals surface area (Å²) in [5, 5.41) is 6.23. The number of carbonyl (C=O) groups excluding carboxylic acids is 1. The maximum Gasteiger partial charge on any atom is 0.237 e. The molecule has 1 saturated carbocycles. The molecule has 0 bridgehead atoms. The van der Waals surface area contributed by atoms with E-state index in [1.165, 1.54) is 0 Å². The Morgan fingerprint density at radius 2 is 2.29 bits per heavy atom. The molecule has 0 aromatic carbocycles. The van der Waals surface area contributed by atoms with Crippen LogP contribution in [0.15, 0.2) is 0 Å². The zero-order valence-corrected chi connectivity index (χ0v) is 8.80. The van der Waals surface area contributed by atoms with Crippen LogP contribution in [0.2, 0.25) is 0 Å². The van der Waals surface area contributed by atoms with Gasteiger partial charge in [-0.2, -0.15) is 0 Å². The highest BCUT2D eigenvalue weighted by atomic mass is 16.5. The van der Waals surface area contributed by atoms with Crippen molar-refractivity contribution in [3.05, 3.63) is 0 Å². The minimum Gasteiger partial charge on any atom is -0.380 e. The average molecular weight is 198 g/mol. The largest absolute Gasteiger partial charge is 0.380 e. The summed E-state index contributed by atoms with van der Waals surface area (Å²) in [7, 11) is 1.69. The molecule has 0 radical (unpaired) electrons. The van der Waals surface area contributed by atoms with Gasteiger partial charge in [0.05, 0.1) is 12.1 Å². The summed E-state index contributed by atoms with van der Waals surface area (Å²) in [5.74, 6) is 0.129. The third kappa shape index (κ3) is 2.07. The van der Waals surface area contributed by atoms with Gasteiger partial charge in [-0.3, -0.25) is 4.79 Å². The molecule has 0 aromatic rings. The van der Waals surface area contributed by atoms with Crippen molar-refractivity contribution in [1.82, 2.24) is 10.6 Å². The molecular weight excluding hydrogens is 180 g/mol. The summed E-state index contributed by atoms with van der Waals surface area (Å²) in [5.41, 5.74) is 0.0872. The van der Waals surface area contributed by atoms with E-state index < -0.39 is 0 Å². The van der Waals surface area contributed by atoms with Crippen molar-refractivity contribution in [3.63, 3.8) is 0 Å². The lowest BCUT2D eigenvalue weighted by molar-refractivity contribution is -0.123. The first-order valence-electron chi connectivity index (χ1n) is 5.21. The number of carbonyl (C=O) groups is 1. The molecule has 2 N–H and O–H groups in total. The summed E-state index contributed by atoms with van der Waals surface area (Å²) in [6.45, 7) is 2.87. The number of ether oxygens (including phenoxy) is 1. The third-order valence-electron chi connectivity index (χ3n) is 3.17. The van der Waals surface area contributed by atoms with Crippen LogP contribution in [0.4, 0.5) is 0 Å². The van der Waals surface area contributed by atoms with E-state index in [2.05, 4.69) is 17.6 Å². The number of methoxy groups -OCH3 is 1. The molecule has 4 nitrogen and oxygen atoms in total. The van der Waals surface area contributed by atoms with E-state index in [4.69, 9.17) is 4.74 Å². The smallest absolute Gasteiger partial charge is 0.237 e. The topological polar surface area (TPSA) is 50.4 Å². The Labute approximate surface area is 84.4 Å². The fraction of sp³-hybridized carbons (Fsp3) is 0.900. The van der Waals surface area contributed by atoms with Crippen molar-refractivity contribution in [2.24, 2.45) is 0 Å². The molecule has 0 spiro atoms. The number of rotatable bonds is 3. The lowest BCUT2D eigenvalue weighted by Crippen LogP contribution is -2.45. The van der Waals surface area contributed by atoms with Gasteiger partial charge >= 0.3 is 0 Å². The number of amides is 1. The highest BCUT2D eigenvalue weighted by Gasteiger charge is 2.41. The summed E-state index contributed by atoms with van der Waals surface area (Å²) < 4.78 is 5.19. The zero-order valence-electron chi connectivity index (χ0n) is 8.80. The fourth-order valence-electron chi connectivity index (χ4n) is 1.78. The first kappa shape index (κ1) is 9.93. The Morgan fingerprint density at radius 1 is 1.57 bits per heavy atom. The van der Waals surface area contributed by atoms with Gasteiger partial charge in [0.25, 0.3) is 0 Å². The van der Waals surface area contributed by atoms with Gasteiger partial charge < -0.3 is 15.4 Å². The van der Waals surface area contributed by atoms with Crippen molar-refractivity contribution < 1.29 is 9.53 Å². The van der Waals surface area contributed by atoms with Crippen molar-refractivity contribution in [2.75, 3.05) is 13.7 Å². The summed E-state index contributed by atoms with van der Waals surface area (Å²) in [6.07, 6.45) is 3.20. The van der Waals surface area contributed by atoms with E-state index in [1.54, 1.807) is 7.11 Å². The van der Waals surface area contributed by atoms with Gasteiger partial charge in [-0.05, 0) is 26.2 Å². The van der Waals surface area contributed by atoms with Gasteiger partial charge in [-0.1, -0.05) is 0 Å². The maximum absolute atomic E-state index is 11.7. The molecule has 1 amide bonds. The molecule has 2 fully saturated rings. The second-order valence-corrected chi connectivity index (χ2v) is 4.60. The number of hydrogen-bond donors (Lipinski definition) is 2. The molecule has 1 saturated heterocycles. The Bertz CT molecular complexity index is 238. The number of nitrogens with one attached hydrogen (secondary N) is 2. The first-order chi connectivity index (χ1) is 6.63. The van der Waals surface area contributed by atoms with Crippen molar-refractivity contribution in [1.29, 1.82) is 0 Å². The predicted molar refractivity (Wildman–Crippen MR) is 53.0 cm³/mol. The van der Waals surface area contributed by atoms with Gasteiger partial charge in [0.15, 0.2) is 0 Å². The normalized spacial score (nSPS) is 34.1. The van der Waals surface area contributed by atoms with Crippen LogP contribution in [-0.2, 0) is 9.53 Å². The van der Waals surface area contributed by atoms with Crippen LogP contribution < -0.4 is 10.6 Å². The molecule has 14 heavy (non-hydrogen) atoms. The standard InChI is InChI=1S/C10H18N2O2/c1-10(3-4-10)12-9(13)8-5-7(14-2)6-11-8/h7-8,11H,3-6H2,1-2H3,(H,12,13)/t7?,8-/m0/s1. The Hall–Kier alpha value is -0.610. The first-order valence-corrected chi connectivity index (χ1v) is 5.21. The molecule has 2 rings (SSSR count). The zero-order chi connectivity index (χ0) is 10.2. The summed E-state index contributed by atoms with van der Waals surface area (Å²) >= 11 is 0. The Kier molecular flexibility index (Phi) is 2.49. The Morgan fingerprint density at radius 3 is 2.79 bits per heavy atom. The van der Waals surface area contributed by atoms with Crippen LogP contribution >= 0.6 is 0 Å². The molecule has 80 valence electrons. The molecule has 1 unspecified atom stereocenters.